The van der Waals surface area contributed by atoms with Gasteiger partial charge in [0.15, 0.2) is 17.3 Å². The summed E-state index contributed by atoms with van der Waals surface area (Å²) in [5.41, 5.74) is 5.99. The average molecular weight is 221 g/mol. The van der Waals surface area contributed by atoms with Gasteiger partial charge in [0.1, 0.15) is 0 Å². The molecule has 1 aliphatic carbocycles. The van der Waals surface area contributed by atoms with Gasteiger partial charge in [0.25, 0.3) is 0 Å². The summed E-state index contributed by atoms with van der Waals surface area (Å²) in [4.78, 5) is 10.4. The van der Waals surface area contributed by atoms with Gasteiger partial charge >= 0.3 is 0 Å². The van der Waals surface area contributed by atoms with Crippen molar-refractivity contribution in [2.75, 3.05) is 11.9 Å². The van der Waals surface area contributed by atoms with Gasteiger partial charge in [0.2, 0.25) is 0 Å². The van der Waals surface area contributed by atoms with Gasteiger partial charge in [0.05, 0.1) is 0 Å². The lowest BCUT2D eigenvalue weighted by Gasteiger charge is -2.35. The molecule has 0 atom stereocenters. The van der Waals surface area contributed by atoms with Crippen molar-refractivity contribution in [2.24, 2.45) is 10.9 Å². The molecule has 6 heteroatoms. The molecular weight excluding hydrogens is 206 g/mol. The van der Waals surface area contributed by atoms with Crippen LogP contribution in [-0.2, 0) is 0 Å². The van der Waals surface area contributed by atoms with E-state index in [2.05, 4.69) is 15.1 Å². The van der Waals surface area contributed by atoms with E-state index < -0.39 is 0 Å². The van der Waals surface area contributed by atoms with Crippen LogP contribution < -0.4 is 10.6 Å². The first-order chi connectivity index (χ1) is 7.74. The van der Waals surface area contributed by atoms with E-state index in [0.717, 1.165) is 12.8 Å². The van der Waals surface area contributed by atoms with E-state index in [1.54, 1.807) is 6.20 Å². The Labute approximate surface area is 93.8 Å². The van der Waals surface area contributed by atoms with Crippen LogP contribution in [0.15, 0.2) is 17.5 Å². The number of aromatic nitrogens is 2. The highest BCUT2D eigenvalue weighted by molar-refractivity contribution is 5.99. The van der Waals surface area contributed by atoms with E-state index in [1.165, 1.54) is 12.6 Å². The highest BCUT2D eigenvalue weighted by atomic mass is 16.4. The minimum atomic E-state index is -0.00530. The summed E-state index contributed by atoms with van der Waals surface area (Å²) in [6.07, 6.45) is 6.70. The van der Waals surface area contributed by atoms with Crippen LogP contribution in [0.3, 0.4) is 0 Å². The summed E-state index contributed by atoms with van der Waals surface area (Å²) in [6.45, 7) is 0. The molecule has 0 unspecified atom stereocenters. The van der Waals surface area contributed by atoms with Gasteiger partial charge in [0, 0.05) is 25.5 Å². The van der Waals surface area contributed by atoms with Crippen LogP contribution in [-0.4, -0.2) is 34.1 Å². The summed E-state index contributed by atoms with van der Waals surface area (Å²) >= 11 is 0. The fourth-order valence-corrected chi connectivity index (χ4v) is 1.76. The third-order valence-corrected chi connectivity index (χ3v) is 2.99. The van der Waals surface area contributed by atoms with Gasteiger partial charge in [-0.15, -0.1) is 0 Å². The number of hydrogen-bond acceptors (Lipinski definition) is 5. The van der Waals surface area contributed by atoms with E-state index in [4.69, 9.17) is 10.9 Å². The molecule has 1 heterocycles. The van der Waals surface area contributed by atoms with Crippen molar-refractivity contribution in [1.82, 2.24) is 9.97 Å². The second-order valence-corrected chi connectivity index (χ2v) is 3.91. The lowest BCUT2D eigenvalue weighted by Crippen LogP contribution is -2.39. The molecule has 1 fully saturated rings. The standard InChI is InChI=1S/C10H15N5O/c1-15(7-3-2-4-7)10-8(9(11)14-16)12-5-6-13-10/h5-7,16H,2-4H2,1H3,(H2,11,14). The van der Waals surface area contributed by atoms with E-state index in [1.807, 2.05) is 11.9 Å². The third-order valence-electron chi connectivity index (χ3n) is 2.99. The lowest BCUT2D eigenvalue weighted by atomic mass is 9.92. The zero-order chi connectivity index (χ0) is 11.5. The van der Waals surface area contributed by atoms with Crippen LogP contribution in [0.5, 0.6) is 0 Å². The first-order valence-corrected chi connectivity index (χ1v) is 5.25. The first kappa shape index (κ1) is 10.7. The zero-order valence-corrected chi connectivity index (χ0v) is 9.17. The molecule has 1 aromatic rings. The highest BCUT2D eigenvalue weighted by Crippen LogP contribution is 2.28. The number of nitrogens with two attached hydrogens (primary N) is 1. The number of amidine groups is 1. The van der Waals surface area contributed by atoms with Gasteiger partial charge < -0.3 is 15.8 Å². The average Bonchev–Trinajstić information content (AvgIpc) is 2.25. The Hall–Kier alpha value is -1.85. The van der Waals surface area contributed by atoms with E-state index in [-0.39, 0.29) is 5.84 Å². The number of hydrogen-bond donors (Lipinski definition) is 2. The summed E-state index contributed by atoms with van der Waals surface area (Å²) in [7, 11) is 1.96. The second kappa shape index (κ2) is 4.34. The fourth-order valence-electron chi connectivity index (χ4n) is 1.76. The molecule has 0 aromatic carbocycles. The largest absolute Gasteiger partial charge is 0.409 e. The van der Waals surface area contributed by atoms with Crippen molar-refractivity contribution in [1.29, 1.82) is 0 Å². The van der Waals surface area contributed by atoms with E-state index in [0.29, 0.717) is 17.6 Å². The number of anilines is 1. The molecule has 1 aliphatic rings. The summed E-state index contributed by atoms with van der Waals surface area (Å²) in [6, 6.07) is 0.488. The number of oxime groups is 1. The molecule has 0 amide bonds. The smallest absolute Gasteiger partial charge is 0.192 e. The van der Waals surface area contributed by atoms with Crippen LogP contribution >= 0.6 is 0 Å². The van der Waals surface area contributed by atoms with Crippen molar-refractivity contribution in [3.05, 3.63) is 18.1 Å². The maximum atomic E-state index is 8.68. The minimum absolute atomic E-state index is 0.00530. The van der Waals surface area contributed by atoms with Gasteiger partial charge in [-0.25, -0.2) is 9.97 Å². The predicted octanol–water partition coefficient (Wildman–Crippen LogP) is 0.560. The first-order valence-electron chi connectivity index (χ1n) is 5.25. The van der Waals surface area contributed by atoms with Gasteiger partial charge in [-0.2, -0.15) is 0 Å². The Balaban J connectivity index is 2.31. The Kier molecular flexibility index (Phi) is 2.89. The molecular formula is C10H15N5O. The monoisotopic (exact) mass is 221 g/mol. The molecule has 2 rings (SSSR count). The zero-order valence-electron chi connectivity index (χ0n) is 9.17. The van der Waals surface area contributed by atoms with Crippen molar-refractivity contribution in [2.45, 2.75) is 25.3 Å². The van der Waals surface area contributed by atoms with Gasteiger partial charge in [-0.05, 0) is 19.3 Å². The molecule has 1 saturated carbocycles. The molecule has 6 nitrogen and oxygen atoms in total. The molecule has 3 N–H and O–H groups in total. The Bertz CT molecular complexity index is 402. The maximum Gasteiger partial charge on any atom is 0.192 e. The van der Waals surface area contributed by atoms with Gasteiger partial charge in [-0.3, -0.25) is 0 Å². The molecule has 86 valence electrons. The molecule has 0 radical (unpaired) electrons. The second-order valence-electron chi connectivity index (χ2n) is 3.91. The van der Waals surface area contributed by atoms with Crippen molar-refractivity contribution in [3.63, 3.8) is 0 Å². The van der Waals surface area contributed by atoms with E-state index in [9.17, 15) is 0 Å². The van der Waals surface area contributed by atoms with Crippen molar-refractivity contribution >= 4 is 11.7 Å². The third kappa shape index (κ3) is 1.78. The summed E-state index contributed by atoms with van der Waals surface area (Å²) < 4.78 is 0. The highest BCUT2D eigenvalue weighted by Gasteiger charge is 2.25. The number of nitrogens with zero attached hydrogens (tertiary/aromatic N) is 4. The van der Waals surface area contributed by atoms with Crippen molar-refractivity contribution < 1.29 is 5.21 Å². The Morgan fingerprint density at radius 1 is 1.50 bits per heavy atom. The summed E-state index contributed by atoms with van der Waals surface area (Å²) in [5, 5.41) is 11.7. The van der Waals surface area contributed by atoms with Crippen LogP contribution in [0.1, 0.15) is 25.0 Å². The van der Waals surface area contributed by atoms with Crippen LogP contribution in [0.4, 0.5) is 5.82 Å². The quantitative estimate of drug-likeness (QED) is 0.337. The molecule has 16 heavy (non-hydrogen) atoms. The molecule has 0 aliphatic heterocycles. The van der Waals surface area contributed by atoms with Crippen molar-refractivity contribution in [3.8, 4) is 0 Å². The Morgan fingerprint density at radius 3 is 2.75 bits per heavy atom. The minimum Gasteiger partial charge on any atom is -0.409 e. The van der Waals surface area contributed by atoms with Gasteiger partial charge in [-0.1, -0.05) is 5.16 Å². The molecule has 1 aromatic heterocycles. The number of rotatable bonds is 3. The topological polar surface area (TPSA) is 87.6 Å². The van der Waals surface area contributed by atoms with Crippen LogP contribution in [0, 0.1) is 0 Å². The molecule has 0 bridgehead atoms. The molecule has 0 spiro atoms. The SMILES string of the molecule is CN(c1nccnc1C(N)=NO)C1CCC1. The predicted molar refractivity (Wildman–Crippen MR) is 60.6 cm³/mol. The summed E-state index contributed by atoms with van der Waals surface area (Å²) in [5.74, 6) is 0.664. The maximum absolute atomic E-state index is 8.68. The van der Waals surface area contributed by atoms with Crippen LogP contribution in [0.25, 0.3) is 0 Å². The Morgan fingerprint density at radius 2 is 2.19 bits per heavy atom. The normalized spacial score (nSPS) is 16.9. The van der Waals surface area contributed by atoms with Crippen LogP contribution in [0.2, 0.25) is 0 Å². The molecule has 0 saturated heterocycles. The van der Waals surface area contributed by atoms with E-state index >= 15 is 0 Å². The lowest BCUT2D eigenvalue weighted by molar-refractivity contribution is 0.318. The fraction of sp³-hybridized carbons (Fsp3) is 0.500.